The Morgan fingerprint density at radius 2 is 1.89 bits per heavy atom. The number of thiazole rings is 1. The van der Waals surface area contributed by atoms with Crippen LogP contribution < -0.4 is 5.32 Å². The molecule has 0 bridgehead atoms. The van der Waals surface area contributed by atoms with Gasteiger partial charge < -0.3 is 9.88 Å². The number of anilines is 1. The molecule has 19 heavy (non-hydrogen) atoms. The Balaban J connectivity index is 1.75. The van der Waals surface area contributed by atoms with Gasteiger partial charge >= 0.3 is 0 Å². The largest absolute Gasteiger partial charge is 0.324 e. The summed E-state index contributed by atoms with van der Waals surface area (Å²) in [6.45, 7) is 0. The van der Waals surface area contributed by atoms with Crippen molar-refractivity contribution in [2.24, 2.45) is 0 Å². The highest BCUT2D eigenvalue weighted by Gasteiger charge is 2.07. The van der Waals surface area contributed by atoms with Crippen LogP contribution >= 0.6 is 11.3 Å². The van der Waals surface area contributed by atoms with E-state index in [2.05, 4.69) is 10.3 Å². The fourth-order valence-corrected chi connectivity index (χ4v) is 2.28. The minimum Gasteiger partial charge on any atom is -0.324 e. The first-order valence-electron chi connectivity index (χ1n) is 5.76. The second-order valence-electron chi connectivity index (χ2n) is 3.96. The van der Waals surface area contributed by atoms with E-state index in [0.29, 0.717) is 5.69 Å². The zero-order valence-electron chi connectivity index (χ0n) is 9.98. The SMILES string of the molecule is O=C(Nc1ccc(-n2cccc2)cc1)c1cscn1. The maximum atomic E-state index is 11.8. The van der Waals surface area contributed by atoms with Crippen LogP contribution in [0.15, 0.2) is 59.7 Å². The van der Waals surface area contributed by atoms with E-state index in [1.807, 2.05) is 53.4 Å². The number of nitrogens with one attached hydrogen (secondary N) is 1. The Bertz CT molecular complexity index is 657. The Hall–Kier alpha value is -2.40. The molecule has 1 amide bonds. The predicted octanol–water partition coefficient (Wildman–Crippen LogP) is 3.19. The quantitative estimate of drug-likeness (QED) is 0.793. The molecule has 0 aliphatic heterocycles. The van der Waals surface area contributed by atoms with Gasteiger partial charge in [-0.1, -0.05) is 0 Å². The molecule has 4 nitrogen and oxygen atoms in total. The van der Waals surface area contributed by atoms with Gasteiger partial charge in [-0.15, -0.1) is 11.3 Å². The monoisotopic (exact) mass is 269 g/mol. The van der Waals surface area contributed by atoms with Crippen LogP contribution in [-0.2, 0) is 0 Å². The average Bonchev–Trinajstić information content (AvgIpc) is 3.13. The maximum absolute atomic E-state index is 11.8. The lowest BCUT2D eigenvalue weighted by molar-refractivity contribution is 0.102. The molecule has 5 heteroatoms. The fourth-order valence-electron chi connectivity index (χ4n) is 1.74. The third kappa shape index (κ3) is 2.56. The second-order valence-corrected chi connectivity index (χ2v) is 4.68. The molecule has 0 saturated carbocycles. The van der Waals surface area contributed by atoms with E-state index in [1.165, 1.54) is 11.3 Å². The molecule has 2 heterocycles. The molecule has 1 N–H and O–H groups in total. The van der Waals surface area contributed by atoms with E-state index in [1.54, 1.807) is 10.9 Å². The normalized spacial score (nSPS) is 10.3. The van der Waals surface area contributed by atoms with Gasteiger partial charge in [0.25, 0.3) is 5.91 Å². The van der Waals surface area contributed by atoms with Gasteiger partial charge in [0.2, 0.25) is 0 Å². The van der Waals surface area contributed by atoms with E-state index in [9.17, 15) is 4.79 Å². The van der Waals surface area contributed by atoms with E-state index in [4.69, 9.17) is 0 Å². The standard InChI is InChI=1S/C14H11N3OS/c18-14(13-9-19-10-15-13)16-11-3-5-12(6-4-11)17-7-1-2-8-17/h1-10H,(H,16,18). The van der Waals surface area contributed by atoms with E-state index < -0.39 is 0 Å². The highest BCUT2D eigenvalue weighted by Crippen LogP contribution is 2.14. The number of amides is 1. The van der Waals surface area contributed by atoms with Gasteiger partial charge in [-0.2, -0.15) is 0 Å². The zero-order valence-corrected chi connectivity index (χ0v) is 10.8. The van der Waals surface area contributed by atoms with Crippen LogP contribution in [0.3, 0.4) is 0 Å². The molecule has 0 radical (unpaired) electrons. The third-order valence-electron chi connectivity index (χ3n) is 2.69. The van der Waals surface area contributed by atoms with Gasteiger partial charge in [-0.05, 0) is 36.4 Å². The summed E-state index contributed by atoms with van der Waals surface area (Å²) in [6.07, 6.45) is 3.95. The predicted molar refractivity (Wildman–Crippen MR) is 75.8 cm³/mol. The van der Waals surface area contributed by atoms with Crippen molar-refractivity contribution in [3.05, 3.63) is 65.4 Å². The molecular weight excluding hydrogens is 258 g/mol. The highest BCUT2D eigenvalue weighted by molar-refractivity contribution is 7.07. The Morgan fingerprint density at radius 3 is 2.53 bits per heavy atom. The molecule has 3 aromatic rings. The van der Waals surface area contributed by atoms with E-state index >= 15 is 0 Å². The maximum Gasteiger partial charge on any atom is 0.275 e. The van der Waals surface area contributed by atoms with Gasteiger partial charge in [0.05, 0.1) is 5.51 Å². The Labute approximate surface area is 114 Å². The van der Waals surface area contributed by atoms with Crippen LogP contribution in [0.4, 0.5) is 5.69 Å². The summed E-state index contributed by atoms with van der Waals surface area (Å²) in [5.74, 6) is -0.185. The van der Waals surface area contributed by atoms with Crippen molar-refractivity contribution in [1.82, 2.24) is 9.55 Å². The number of carbonyl (C=O) groups excluding carboxylic acids is 1. The molecule has 0 spiro atoms. The van der Waals surface area contributed by atoms with Crippen molar-refractivity contribution in [3.63, 3.8) is 0 Å². The summed E-state index contributed by atoms with van der Waals surface area (Å²) >= 11 is 1.40. The molecule has 1 aromatic carbocycles. The zero-order chi connectivity index (χ0) is 13.1. The number of nitrogens with zero attached hydrogens (tertiary/aromatic N) is 2. The molecule has 3 rings (SSSR count). The van der Waals surface area contributed by atoms with Crippen molar-refractivity contribution in [2.75, 3.05) is 5.32 Å². The van der Waals surface area contributed by atoms with Gasteiger partial charge in [-0.3, -0.25) is 4.79 Å². The van der Waals surface area contributed by atoms with Crippen molar-refractivity contribution < 1.29 is 4.79 Å². The molecule has 94 valence electrons. The lowest BCUT2D eigenvalue weighted by Gasteiger charge is -2.06. The Kier molecular flexibility index (Phi) is 3.12. The van der Waals surface area contributed by atoms with Crippen molar-refractivity contribution in [1.29, 1.82) is 0 Å². The number of hydrogen-bond donors (Lipinski definition) is 1. The molecular formula is C14H11N3OS. The van der Waals surface area contributed by atoms with Crippen LogP contribution in [-0.4, -0.2) is 15.5 Å². The van der Waals surface area contributed by atoms with Crippen LogP contribution in [0, 0.1) is 0 Å². The highest BCUT2D eigenvalue weighted by atomic mass is 32.1. The first-order valence-corrected chi connectivity index (χ1v) is 6.70. The third-order valence-corrected chi connectivity index (χ3v) is 3.28. The lowest BCUT2D eigenvalue weighted by atomic mass is 10.2. The molecule has 0 atom stereocenters. The second kappa shape index (κ2) is 5.07. The summed E-state index contributed by atoms with van der Waals surface area (Å²) in [5, 5.41) is 4.54. The minimum absolute atomic E-state index is 0.185. The minimum atomic E-state index is -0.185. The Morgan fingerprint density at radius 1 is 1.16 bits per heavy atom. The summed E-state index contributed by atoms with van der Waals surface area (Å²) in [5.41, 5.74) is 3.90. The van der Waals surface area contributed by atoms with Gasteiger partial charge in [0.15, 0.2) is 0 Å². The summed E-state index contributed by atoms with van der Waals surface area (Å²) in [6, 6.07) is 11.6. The molecule has 2 aromatic heterocycles. The number of aromatic nitrogens is 2. The van der Waals surface area contributed by atoms with Gasteiger partial charge in [0, 0.05) is 29.1 Å². The summed E-state index contributed by atoms with van der Waals surface area (Å²) < 4.78 is 2.01. The molecule has 0 aliphatic rings. The smallest absolute Gasteiger partial charge is 0.275 e. The fraction of sp³-hybridized carbons (Fsp3) is 0. The van der Waals surface area contributed by atoms with E-state index in [0.717, 1.165) is 11.4 Å². The average molecular weight is 269 g/mol. The molecule has 0 saturated heterocycles. The number of rotatable bonds is 3. The van der Waals surface area contributed by atoms with Crippen LogP contribution in [0.2, 0.25) is 0 Å². The first kappa shape index (κ1) is 11.7. The molecule has 0 aliphatic carbocycles. The van der Waals surface area contributed by atoms with Crippen LogP contribution in [0.1, 0.15) is 10.5 Å². The van der Waals surface area contributed by atoms with Gasteiger partial charge in [-0.25, -0.2) is 4.98 Å². The lowest BCUT2D eigenvalue weighted by Crippen LogP contribution is -2.12. The number of benzene rings is 1. The first-order chi connectivity index (χ1) is 9.33. The van der Waals surface area contributed by atoms with Crippen molar-refractivity contribution in [2.45, 2.75) is 0 Å². The van der Waals surface area contributed by atoms with Crippen LogP contribution in [0.25, 0.3) is 5.69 Å². The van der Waals surface area contributed by atoms with Crippen LogP contribution in [0.5, 0.6) is 0 Å². The number of carbonyl (C=O) groups is 1. The molecule has 0 fully saturated rings. The summed E-state index contributed by atoms with van der Waals surface area (Å²) in [7, 11) is 0. The number of hydrogen-bond acceptors (Lipinski definition) is 3. The van der Waals surface area contributed by atoms with E-state index in [-0.39, 0.29) is 5.91 Å². The molecule has 0 unspecified atom stereocenters. The topological polar surface area (TPSA) is 46.9 Å². The van der Waals surface area contributed by atoms with Gasteiger partial charge in [0.1, 0.15) is 5.69 Å². The summed E-state index contributed by atoms with van der Waals surface area (Å²) in [4.78, 5) is 15.8. The van der Waals surface area contributed by atoms with Crippen molar-refractivity contribution in [3.8, 4) is 5.69 Å². The van der Waals surface area contributed by atoms with Crippen molar-refractivity contribution >= 4 is 22.9 Å².